The number of aliphatic hydroxyl groups is 1. The van der Waals surface area contributed by atoms with E-state index in [1.54, 1.807) is 25.1 Å². The number of anilines is 1. The van der Waals surface area contributed by atoms with Gasteiger partial charge in [0.15, 0.2) is 17.2 Å². The summed E-state index contributed by atoms with van der Waals surface area (Å²) in [4.78, 5) is 21.8. The molecule has 0 saturated heterocycles. The number of nitrogens with one attached hydrogen (secondary N) is 1. The highest BCUT2D eigenvalue weighted by molar-refractivity contribution is 14.1. The second-order valence-electron chi connectivity index (χ2n) is 6.91. The average Bonchev–Trinajstić information content (AvgIpc) is 2.78. The molecule has 0 aliphatic heterocycles. The molecule has 4 aromatic rings. The van der Waals surface area contributed by atoms with Gasteiger partial charge in [-0.15, -0.1) is 0 Å². The van der Waals surface area contributed by atoms with E-state index in [2.05, 4.69) is 37.9 Å². The van der Waals surface area contributed by atoms with Crippen molar-refractivity contribution >= 4 is 50.8 Å². The van der Waals surface area contributed by atoms with Crippen LogP contribution in [0.25, 0.3) is 11.0 Å². The average molecular weight is 547 g/mol. The van der Waals surface area contributed by atoms with Crippen LogP contribution in [0.5, 0.6) is 0 Å². The predicted octanol–water partition coefficient (Wildman–Crippen LogP) is 5.00. The van der Waals surface area contributed by atoms with Crippen molar-refractivity contribution in [3.8, 4) is 0 Å². The van der Waals surface area contributed by atoms with Gasteiger partial charge >= 0.3 is 0 Å². The van der Waals surface area contributed by atoms with Crippen LogP contribution >= 0.6 is 22.6 Å². The summed E-state index contributed by atoms with van der Waals surface area (Å²) in [6.07, 6.45) is 1.50. The van der Waals surface area contributed by atoms with Crippen molar-refractivity contribution in [2.75, 3.05) is 5.32 Å². The van der Waals surface area contributed by atoms with Gasteiger partial charge in [-0.25, -0.2) is 13.8 Å². The van der Waals surface area contributed by atoms with Crippen molar-refractivity contribution < 1.29 is 23.1 Å². The van der Waals surface area contributed by atoms with Crippen molar-refractivity contribution in [2.45, 2.75) is 13.5 Å². The quantitative estimate of drug-likeness (QED) is 0.353. The Morgan fingerprint density at radius 2 is 1.91 bits per heavy atom. The second kappa shape index (κ2) is 9.13. The maximum atomic E-state index is 13.6. The third-order valence-corrected chi connectivity index (χ3v) is 5.42. The lowest BCUT2D eigenvalue weighted by Gasteiger charge is -2.10. The van der Waals surface area contributed by atoms with Gasteiger partial charge in [0.05, 0.1) is 18.0 Å². The van der Waals surface area contributed by atoms with Crippen LogP contribution in [0.1, 0.15) is 21.6 Å². The van der Waals surface area contributed by atoms with Crippen molar-refractivity contribution in [1.29, 1.82) is 0 Å². The number of aliphatic hydroxyl groups excluding tert-OH is 1. The molecule has 2 aromatic carbocycles. The first-order valence-corrected chi connectivity index (χ1v) is 10.5. The highest BCUT2D eigenvalue weighted by Crippen LogP contribution is 2.22. The lowest BCUT2D eigenvalue weighted by atomic mass is 10.1. The number of aryl methyl sites for hydroxylation is 1. The first-order valence-electron chi connectivity index (χ1n) is 9.45. The molecule has 2 N–H and O–H groups in total. The molecule has 0 aliphatic rings. The van der Waals surface area contributed by atoms with Crippen LogP contribution in [-0.4, -0.2) is 16.0 Å². The summed E-state index contributed by atoms with van der Waals surface area (Å²) in [5, 5.41) is 12.7. The number of amides is 1. The zero-order valence-corrected chi connectivity index (χ0v) is 18.9. The topological polar surface area (TPSA) is 87.7 Å². The molecule has 0 fully saturated rings. The van der Waals surface area contributed by atoms with Crippen molar-refractivity contribution in [2.24, 2.45) is 4.99 Å². The van der Waals surface area contributed by atoms with E-state index in [0.717, 1.165) is 15.7 Å². The molecule has 0 unspecified atom stereocenters. The zero-order valence-electron chi connectivity index (χ0n) is 16.7. The number of carbonyl (C=O) groups is 1. The number of pyridine rings is 1. The number of halogens is 3. The van der Waals surface area contributed by atoms with Gasteiger partial charge in [-0.1, -0.05) is 0 Å². The molecule has 2 aromatic heterocycles. The number of benzene rings is 2. The number of carbonyl (C=O) groups excluding carboxylic acids is 1. The minimum absolute atomic E-state index is 0.0128. The van der Waals surface area contributed by atoms with Gasteiger partial charge < -0.3 is 14.8 Å². The van der Waals surface area contributed by atoms with E-state index in [9.17, 15) is 18.7 Å². The molecule has 9 heteroatoms. The van der Waals surface area contributed by atoms with Crippen molar-refractivity contribution in [3.63, 3.8) is 0 Å². The number of fused-ring (bicyclic) bond motifs is 1. The number of aromatic nitrogens is 1. The first kappa shape index (κ1) is 22.0. The maximum Gasteiger partial charge on any atom is 0.261 e. The van der Waals surface area contributed by atoms with Gasteiger partial charge in [0.25, 0.3) is 5.91 Å². The summed E-state index contributed by atoms with van der Waals surface area (Å²) in [7, 11) is 0. The molecular weight excluding hydrogens is 531 g/mol. The molecule has 32 heavy (non-hydrogen) atoms. The Morgan fingerprint density at radius 3 is 2.59 bits per heavy atom. The Kier molecular flexibility index (Phi) is 6.28. The van der Waals surface area contributed by atoms with E-state index in [1.165, 1.54) is 12.3 Å². The lowest BCUT2D eigenvalue weighted by molar-refractivity contribution is 0.102. The Bertz CT molecular complexity index is 1400. The monoisotopic (exact) mass is 547 g/mol. The van der Waals surface area contributed by atoms with Gasteiger partial charge in [0, 0.05) is 32.5 Å². The van der Waals surface area contributed by atoms with E-state index in [-0.39, 0.29) is 23.4 Å². The molecule has 0 aliphatic carbocycles. The van der Waals surface area contributed by atoms with Crippen molar-refractivity contribution in [1.82, 2.24) is 4.98 Å². The van der Waals surface area contributed by atoms with Gasteiger partial charge in [0.2, 0.25) is 5.55 Å². The summed E-state index contributed by atoms with van der Waals surface area (Å²) in [5.41, 5.74) is 2.10. The van der Waals surface area contributed by atoms with Crippen LogP contribution in [0.4, 0.5) is 20.2 Å². The summed E-state index contributed by atoms with van der Waals surface area (Å²) >= 11 is 2.17. The van der Waals surface area contributed by atoms with Gasteiger partial charge in [-0.3, -0.25) is 9.78 Å². The molecule has 0 saturated carbocycles. The maximum absolute atomic E-state index is 13.6. The minimum atomic E-state index is -1.08. The molecule has 0 radical (unpaired) electrons. The summed E-state index contributed by atoms with van der Waals surface area (Å²) in [6, 6.07) is 11.9. The Balaban J connectivity index is 1.90. The Labute approximate surface area is 194 Å². The largest absolute Gasteiger partial charge is 0.436 e. The molecule has 0 spiro atoms. The van der Waals surface area contributed by atoms with Crippen LogP contribution in [-0.2, 0) is 6.61 Å². The summed E-state index contributed by atoms with van der Waals surface area (Å²) in [6.45, 7) is 1.43. The summed E-state index contributed by atoms with van der Waals surface area (Å²) < 4.78 is 33.8. The van der Waals surface area contributed by atoms with Crippen LogP contribution in [0.2, 0.25) is 0 Å². The van der Waals surface area contributed by atoms with Crippen LogP contribution in [0.3, 0.4) is 0 Å². The zero-order chi connectivity index (χ0) is 22.8. The second-order valence-corrected chi connectivity index (χ2v) is 8.15. The highest BCUT2D eigenvalue weighted by atomic mass is 127. The highest BCUT2D eigenvalue weighted by Gasteiger charge is 2.17. The molecule has 0 bridgehead atoms. The predicted molar refractivity (Wildman–Crippen MR) is 123 cm³/mol. The molecule has 4 rings (SSSR count). The molecule has 6 nitrogen and oxygen atoms in total. The number of nitrogens with zero attached hydrogens (tertiary/aromatic N) is 2. The molecule has 2 heterocycles. The van der Waals surface area contributed by atoms with Gasteiger partial charge in [0.1, 0.15) is 5.56 Å². The van der Waals surface area contributed by atoms with Gasteiger partial charge in [-0.2, -0.15) is 0 Å². The van der Waals surface area contributed by atoms with Gasteiger partial charge in [-0.05, 0) is 72.0 Å². The molecular formula is C23H16F2IN3O3. The van der Waals surface area contributed by atoms with E-state index in [4.69, 9.17) is 4.42 Å². The van der Waals surface area contributed by atoms with Crippen molar-refractivity contribution in [3.05, 3.63) is 92.3 Å². The normalized spacial score (nSPS) is 11.7. The Hall–Kier alpha value is -3.18. The Morgan fingerprint density at radius 1 is 1.16 bits per heavy atom. The summed E-state index contributed by atoms with van der Waals surface area (Å²) in [5.74, 6) is -2.74. The number of hydrogen-bond donors (Lipinski definition) is 2. The third-order valence-electron chi connectivity index (χ3n) is 4.70. The smallest absolute Gasteiger partial charge is 0.261 e. The molecule has 162 valence electrons. The first-order chi connectivity index (χ1) is 15.4. The van der Waals surface area contributed by atoms with E-state index >= 15 is 0 Å². The minimum Gasteiger partial charge on any atom is -0.436 e. The molecule has 0 atom stereocenters. The van der Waals surface area contributed by atoms with Crippen LogP contribution in [0.15, 0.2) is 64.1 Å². The van der Waals surface area contributed by atoms with E-state index in [1.807, 2.05) is 12.1 Å². The molecule has 1 amide bonds. The fourth-order valence-corrected chi connectivity index (χ4v) is 3.42. The fraction of sp³-hybridized carbons (Fsp3) is 0.0870. The third kappa shape index (κ3) is 4.53. The number of hydrogen-bond acceptors (Lipinski definition) is 5. The van der Waals surface area contributed by atoms with Crippen LogP contribution < -0.4 is 10.9 Å². The number of rotatable bonds is 4. The van der Waals surface area contributed by atoms with E-state index < -0.39 is 17.5 Å². The SMILES string of the molecule is Cc1ncc(CO)c2cc(C(=O)Nc3ccc(F)c(F)c3)c(=Nc3ccc(I)cc3)oc12. The van der Waals surface area contributed by atoms with Crippen LogP contribution in [0, 0.1) is 22.1 Å². The van der Waals surface area contributed by atoms with E-state index in [0.29, 0.717) is 27.9 Å². The lowest BCUT2D eigenvalue weighted by Crippen LogP contribution is -2.22. The fourth-order valence-electron chi connectivity index (χ4n) is 3.07. The standard InChI is InChI=1S/C23H16F2IN3O3/c1-12-21-17(13(11-30)10-27-12)9-18(22(31)28-16-6-7-19(24)20(25)8-16)23(32-21)29-15-4-2-14(26)3-5-15/h2-10,30H,11H2,1H3,(H,28,31).